The average molecular weight is 344 g/mol. The number of nitrogens with zero attached hydrogens (tertiary/aromatic N) is 4. The fourth-order valence-electron chi connectivity index (χ4n) is 4.08. The lowest BCUT2D eigenvalue weighted by molar-refractivity contribution is -0.133. The van der Waals surface area contributed by atoms with E-state index >= 15 is 0 Å². The van der Waals surface area contributed by atoms with Gasteiger partial charge in [0, 0.05) is 25.0 Å². The highest BCUT2D eigenvalue weighted by molar-refractivity contribution is 7.07. The van der Waals surface area contributed by atoms with Gasteiger partial charge in [-0.25, -0.2) is 0 Å². The second-order valence-corrected chi connectivity index (χ2v) is 7.58. The van der Waals surface area contributed by atoms with Gasteiger partial charge in [0.1, 0.15) is 0 Å². The van der Waals surface area contributed by atoms with E-state index in [1.807, 2.05) is 23.1 Å². The minimum atomic E-state index is 0.288. The molecule has 0 bridgehead atoms. The molecule has 4 heterocycles. The lowest BCUT2D eigenvalue weighted by atomic mass is 10.1. The maximum absolute atomic E-state index is 12.9. The average Bonchev–Trinajstić information content (AvgIpc) is 3.37. The first-order valence-electron chi connectivity index (χ1n) is 8.84. The van der Waals surface area contributed by atoms with Crippen molar-refractivity contribution in [3.05, 3.63) is 40.8 Å². The van der Waals surface area contributed by atoms with E-state index in [1.165, 1.54) is 12.0 Å². The lowest BCUT2D eigenvalue weighted by Crippen LogP contribution is -2.43. The molecule has 2 aromatic rings. The molecule has 0 saturated carbocycles. The van der Waals surface area contributed by atoms with Crippen LogP contribution < -0.4 is 0 Å². The number of carbonyl (C=O) groups is 1. The molecular formula is C18H24N4OS. The number of rotatable bonds is 5. The van der Waals surface area contributed by atoms with Crippen molar-refractivity contribution < 1.29 is 4.79 Å². The Morgan fingerprint density at radius 1 is 1.29 bits per heavy atom. The topological polar surface area (TPSA) is 41.4 Å². The van der Waals surface area contributed by atoms with Crippen LogP contribution in [0.2, 0.25) is 0 Å². The third-order valence-corrected chi connectivity index (χ3v) is 6.00. The van der Waals surface area contributed by atoms with Gasteiger partial charge in [0.15, 0.2) is 0 Å². The molecule has 6 heteroatoms. The fourth-order valence-corrected chi connectivity index (χ4v) is 4.78. The Hall–Kier alpha value is -1.66. The summed E-state index contributed by atoms with van der Waals surface area (Å²) in [5.41, 5.74) is 1.31. The first-order valence-corrected chi connectivity index (χ1v) is 9.78. The highest BCUT2D eigenvalue weighted by atomic mass is 32.1. The Kier molecular flexibility index (Phi) is 4.67. The Balaban J connectivity index is 1.39. The van der Waals surface area contributed by atoms with Crippen molar-refractivity contribution in [2.45, 2.75) is 44.3 Å². The molecule has 5 nitrogen and oxygen atoms in total. The monoisotopic (exact) mass is 344 g/mol. The summed E-state index contributed by atoms with van der Waals surface area (Å²) in [6.07, 6.45) is 8.36. The van der Waals surface area contributed by atoms with Gasteiger partial charge in [-0.3, -0.25) is 14.4 Å². The SMILES string of the molecule is O=C(CN1CCC[C@@H]1Cn1cccn1)N1CCC[C@H]1c1ccsc1. The van der Waals surface area contributed by atoms with Crippen LogP contribution in [-0.2, 0) is 11.3 Å². The van der Waals surface area contributed by atoms with Crippen LogP contribution in [0.25, 0.3) is 0 Å². The molecule has 2 aromatic heterocycles. The summed E-state index contributed by atoms with van der Waals surface area (Å²) >= 11 is 1.72. The van der Waals surface area contributed by atoms with Crippen molar-refractivity contribution >= 4 is 17.2 Å². The summed E-state index contributed by atoms with van der Waals surface area (Å²) in [4.78, 5) is 17.4. The van der Waals surface area contributed by atoms with Gasteiger partial charge < -0.3 is 4.90 Å². The molecule has 0 N–H and O–H groups in total. The van der Waals surface area contributed by atoms with Crippen LogP contribution in [0.1, 0.15) is 37.3 Å². The van der Waals surface area contributed by atoms with Crippen LogP contribution in [0.5, 0.6) is 0 Å². The third kappa shape index (κ3) is 3.26. The molecule has 0 unspecified atom stereocenters. The van der Waals surface area contributed by atoms with Crippen LogP contribution in [0, 0.1) is 0 Å². The van der Waals surface area contributed by atoms with Crippen LogP contribution in [0.4, 0.5) is 0 Å². The van der Waals surface area contributed by atoms with E-state index in [4.69, 9.17) is 0 Å². The summed E-state index contributed by atoms with van der Waals surface area (Å²) in [5.74, 6) is 0.288. The zero-order valence-electron chi connectivity index (χ0n) is 13.9. The van der Waals surface area contributed by atoms with Crippen LogP contribution in [-0.4, -0.2) is 51.2 Å². The molecule has 1 amide bonds. The van der Waals surface area contributed by atoms with Crippen LogP contribution in [0.15, 0.2) is 35.3 Å². The van der Waals surface area contributed by atoms with Gasteiger partial charge in [-0.15, -0.1) is 0 Å². The van der Waals surface area contributed by atoms with E-state index in [0.29, 0.717) is 12.6 Å². The van der Waals surface area contributed by atoms with E-state index in [9.17, 15) is 4.79 Å². The van der Waals surface area contributed by atoms with Gasteiger partial charge in [0.25, 0.3) is 0 Å². The summed E-state index contributed by atoms with van der Waals surface area (Å²) in [6.45, 7) is 3.35. The minimum Gasteiger partial charge on any atom is -0.335 e. The van der Waals surface area contributed by atoms with Crippen molar-refractivity contribution in [2.75, 3.05) is 19.6 Å². The van der Waals surface area contributed by atoms with Crippen molar-refractivity contribution in [3.8, 4) is 0 Å². The van der Waals surface area contributed by atoms with E-state index < -0.39 is 0 Å². The molecule has 2 atom stereocenters. The molecule has 128 valence electrons. The summed E-state index contributed by atoms with van der Waals surface area (Å²) in [7, 11) is 0. The van der Waals surface area contributed by atoms with Crippen LogP contribution >= 0.6 is 11.3 Å². The first-order chi connectivity index (χ1) is 11.8. The Morgan fingerprint density at radius 2 is 2.21 bits per heavy atom. The smallest absolute Gasteiger partial charge is 0.237 e. The predicted molar refractivity (Wildman–Crippen MR) is 94.8 cm³/mol. The summed E-state index contributed by atoms with van der Waals surface area (Å²) in [6, 6.07) is 4.84. The second-order valence-electron chi connectivity index (χ2n) is 6.80. The summed E-state index contributed by atoms with van der Waals surface area (Å²) < 4.78 is 1.98. The summed E-state index contributed by atoms with van der Waals surface area (Å²) in [5, 5.41) is 8.61. The minimum absolute atomic E-state index is 0.288. The Morgan fingerprint density at radius 3 is 3.00 bits per heavy atom. The Bertz CT molecular complexity index is 655. The molecule has 2 saturated heterocycles. The number of amides is 1. The number of likely N-dealkylation sites (tertiary alicyclic amines) is 2. The quantitative estimate of drug-likeness (QED) is 0.837. The van der Waals surface area contributed by atoms with Gasteiger partial charge in [0.2, 0.25) is 5.91 Å². The third-order valence-electron chi connectivity index (χ3n) is 5.30. The van der Waals surface area contributed by atoms with Crippen molar-refractivity contribution in [1.82, 2.24) is 19.6 Å². The number of hydrogen-bond acceptors (Lipinski definition) is 4. The van der Waals surface area contributed by atoms with E-state index in [1.54, 1.807) is 11.3 Å². The maximum atomic E-state index is 12.9. The zero-order chi connectivity index (χ0) is 16.4. The number of thiophene rings is 1. The molecule has 0 radical (unpaired) electrons. The molecule has 4 rings (SSSR count). The fraction of sp³-hybridized carbons (Fsp3) is 0.556. The molecule has 2 aliphatic heterocycles. The lowest BCUT2D eigenvalue weighted by Gasteiger charge is -2.29. The number of aromatic nitrogens is 2. The number of carbonyl (C=O) groups excluding carboxylic acids is 1. The van der Waals surface area contributed by atoms with Gasteiger partial charge in [-0.1, -0.05) is 0 Å². The van der Waals surface area contributed by atoms with E-state index in [2.05, 4.69) is 31.7 Å². The standard InChI is InChI=1S/C18H24N4OS/c23-18(22-10-2-5-17(22)15-6-11-24-14-15)13-20-8-1-4-16(20)12-21-9-3-7-19-21/h3,6-7,9,11,14,16-17H,1-2,4-5,8,10,12-13H2/t16-,17+/m1/s1. The first kappa shape index (κ1) is 15.8. The molecule has 2 fully saturated rings. The highest BCUT2D eigenvalue weighted by Gasteiger charge is 2.33. The van der Waals surface area contributed by atoms with Gasteiger partial charge in [-0.05, 0) is 60.7 Å². The number of hydrogen-bond donors (Lipinski definition) is 0. The normalized spacial score (nSPS) is 24.8. The van der Waals surface area contributed by atoms with Gasteiger partial charge in [-0.2, -0.15) is 16.4 Å². The molecule has 0 aliphatic carbocycles. The zero-order valence-corrected chi connectivity index (χ0v) is 14.7. The Labute approximate surface area is 146 Å². The van der Waals surface area contributed by atoms with Crippen molar-refractivity contribution in [3.63, 3.8) is 0 Å². The van der Waals surface area contributed by atoms with E-state index in [0.717, 1.165) is 38.9 Å². The highest BCUT2D eigenvalue weighted by Crippen LogP contribution is 2.33. The van der Waals surface area contributed by atoms with Crippen molar-refractivity contribution in [1.29, 1.82) is 0 Å². The van der Waals surface area contributed by atoms with E-state index in [-0.39, 0.29) is 11.9 Å². The van der Waals surface area contributed by atoms with Gasteiger partial charge >= 0.3 is 0 Å². The largest absolute Gasteiger partial charge is 0.335 e. The molecule has 0 aromatic carbocycles. The molecule has 2 aliphatic rings. The second kappa shape index (κ2) is 7.07. The van der Waals surface area contributed by atoms with Crippen LogP contribution in [0.3, 0.4) is 0 Å². The molecule has 0 spiro atoms. The van der Waals surface area contributed by atoms with Gasteiger partial charge in [0.05, 0.1) is 19.1 Å². The van der Waals surface area contributed by atoms with Crippen molar-refractivity contribution in [2.24, 2.45) is 0 Å². The molecule has 24 heavy (non-hydrogen) atoms. The molecular weight excluding hydrogens is 320 g/mol. The predicted octanol–water partition coefficient (Wildman–Crippen LogP) is 2.77. The maximum Gasteiger partial charge on any atom is 0.237 e.